The van der Waals surface area contributed by atoms with E-state index in [0.29, 0.717) is 0 Å². The Bertz CT molecular complexity index is 535. The average molecular weight is 342 g/mol. The zero-order valence-corrected chi connectivity index (χ0v) is 13.5. The van der Waals surface area contributed by atoms with Crippen molar-refractivity contribution in [3.8, 4) is 0 Å². The Morgan fingerprint density at radius 3 is 1.38 bits per heavy atom. The van der Waals surface area contributed by atoms with Gasteiger partial charge in [-0.05, 0) is 13.8 Å². The highest BCUT2D eigenvalue weighted by Gasteiger charge is 2.31. The number of carbonyl (C=O) groups excluding carboxylic acids is 2. The van der Waals surface area contributed by atoms with Gasteiger partial charge < -0.3 is 31.1 Å². The zero-order valence-electron chi connectivity index (χ0n) is 13.5. The van der Waals surface area contributed by atoms with Gasteiger partial charge in [0.2, 0.25) is 0 Å². The van der Waals surface area contributed by atoms with Gasteiger partial charge in [0.05, 0.1) is 37.5 Å². The molecule has 0 fully saturated rings. The third-order valence-electron chi connectivity index (χ3n) is 3.35. The van der Waals surface area contributed by atoms with E-state index in [1.165, 1.54) is 26.2 Å². The molecule has 0 aliphatic heterocycles. The highest BCUT2D eigenvalue weighted by molar-refractivity contribution is 6.05. The molecule has 6 N–H and O–H groups in total. The maximum Gasteiger partial charge on any atom is 0.272 e. The second kappa shape index (κ2) is 8.11. The Morgan fingerprint density at radius 1 is 0.833 bits per heavy atom. The number of aliphatic hydroxyl groups is 4. The van der Waals surface area contributed by atoms with Crippen LogP contribution in [-0.2, 0) is 0 Å². The number of hydrogen-bond donors (Lipinski definition) is 6. The molecule has 1 aromatic heterocycles. The molecule has 0 aliphatic rings. The van der Waals surface area contributed by atoms with Gasteiger partial charge in [0.1, 0.15) is 0 Å². The molecular formula is C14H22N4O6. The van der Waals surface area contributed by atoms with Crippen molar-refractivity contribution in [1.82, 2.24) is 20.6 Å². The van der Waals surface area contributed by atoms with E-state index in [-0.39, 0.29) is 11.4 Å². The molecule has 0 bridgehead atoms. The van der Waals surface area contributed by atoms with Gasteiger partial charge in [0.15, 0.2) is 11.4 Å². The smallest absolute Gasteiger partial charge is 0.272 e. The number of aromatic nitrogens is 2. The van der Waals surface area contributed by atoms with E-state index in [2.05, 4.69) is 20.6 Å². The lowest BCUT2D eigenvalue weighted by molar-refractivity contribution is 0.0690. The summed E-state index contributed by atoms with van der Waals surface area (Å²) in [6, 6.07) is 0. The van der Waals surface area contributed by atoms with Crippen molar-refractivity contribution in [2.45, 2.75) is 24.9 Å². The van der Waals surface area contributed by atoms with Crippen LogP contribution in [0.4, 0.5) is 0 Å². The molecule has 0 atom stereocenters. The maximum absolute atomic E-state index is 12.3. The minimum absolute atomic E-state index is 0.318. The molecule has 0 aromatic carbocycles. The van der Waals surface area contributed by atoms with Crippen LogP contribution in [0, 0.1) is 0 Å². The summed E-state index contributed by atoms with van der Waals surface area (Å²) in [6.07, 6.45) is 2.41. The molecule has 24 heavy (non-hydrogen) atoms. The number of aliphatic hydroxyl groups excluding tert-OH is 4. The fourth-order valence-corrected chi connectivity index (χ4v) is 1.60. The van der Waals surface area contributed by atoms with Crippen LogP contribution in [0.15, 0.2) is 12.4 Å². The van der Waals surface area contributed by atoms with Gasteiger partial charge in [-0.2, -0.15) is 0 Å². The second-order valence-electron chi connectivity index (χ2n) is 5.92. The number of rotatable bonds is 8. The summed E-state index contributed by atoms with van der Waals surface area (Å²) in [5.74, 6) is -1.62. The van der Waals surface area contributed by atoms with E-state index in [4.69, 9.17) is 0 Å². The fourth-order valence-electron chi connectivity index (χ4n) is 1.60. The predicted molar refractivity (Wildman–Crippen MR) is 82.1 cm³/mol. The molecule has 10 heteroatoms. The zero-order chi connectivity index (χ0) is 18.4. The summed E-state index contributed by atoms with van der Waals surface area (Å²) < 4.78 is 0. The summed E-state index contributed by atoms with van der Waals surface area (Å²) in [5.41, 5.74) is -3.23. The van der Waals surface area contributed by atoms with E-state index >= 15 is 0 Å². The van der Waals surface area contributed by atoms with Crippen molar-refractivity contribution < 1.29 is 30.0 Å². The number of nitrogens with one attached hydrogen (secondary N) is 2. The molecule has 0 radical (unpaired) electrons. The van der Waals surface area contributed by atoms with E-state index in [9.17, 15) is 30.0 Å². The van der Waals surface area contributed by atoms with Gasteiger partial charge in [-0.15, -0.1) is 0 Å². The monoisotopic (exact) mass is 342 g/mol. The highest BCUT2D eigenvalue weighted by atomic mass is 16.3. The van der Waals surface area contributed by atoms with E-state index < -0.39 is 49.3 Å². The molecule has 0 saturated carbocycles. The standard InChI is InChI=1S/C14H22N4O6/c1-13(5-19,6-20)17-11(23)9-10(16-4-3-15-9)12(24)18-14(2,7-21)8-22/h3-4,19-22H,5-8H2,1-2H3,(H,17,23)(H,18,24). The maximum atomic E-state index is 12.3. The third-order valence-corrected chi connectivity index (χ3v) is 3.35. The molecular weight excluding hydrogens is 320 g/mol. The number of hydrogen-bond acceptors (Lipinski definition) is 8. The van der Waals surface area contributed by atoms with Crippen LogP contribution in [0.2, 0.25) is 0 Å². The van der Waals surface area contributed by atoms with Crippen LogP contribution < -0.4 is 10.6 Å². The van der Waals surface area contributed by atoms with E-state index in [1.807, 2.05) is 0 Å². The quantitative estimate of drug-likeness (QED) is 0.300. The Balaban J connectivity index is 3.08. The van der Waals surface area contributed by atoms with Gasteiger partial charge >= 0.3 is 0 Å². The van der Waals surface area contributed by atoms with Gasteiger partial charge in [0, 0.05) is 12.4 Å². The predicted octanol–water partition coefficient (Wildman–Crippen LogP) is -2.58. The minimum atomic E-state index is -1.30. The number of carbonyl (C=O) groups is 2. The first-order valence-corrected chi connectivity index (χ1v) is 7.13. The van der Waals surface area contributed by atoms with E-state index in [0.717, 1.165) is 0 Å². The number of amides is 2. The van der Waals surface area contributed by atoms with Crippen molar-refractivity contribution in [3.05, 3.63) is 23.8 Å². The lowest BCUT2D eigenvalue weighted by Crippen LogP contribution is -2.53. The van der Waals surface area contributed by atoms with Crippen LogP contribution in [0.1, 0.15) is 34.8 Å². The van der Waals surface area contributed by atoms with Crippen LogP contribution in [0.25, 0.3) is 0 Å². The molecule has 10 nitrogen and oxygen atoms in total. The summed E-state index contributed by atoms with van der Waals surface area (Å²) >= 11 is 0. The molecule has 134 valence electrons. The Hall–Kier alpha value is -2.14. The molecule has 1 heterocycles. The summed E-state index contributed by atoms with van der Waals surface area (Å²) in [5, 5.41) is 41.7. The van der Waals surface area contributed by atoms with Crippen LogP contribution in [0.5, 0.6) is 0 Å². The summed E-state index contributed by atoms with van der Waals surface area (Å²) in [7, 11) is 0. The second-order valence-corrected chi connectivity index (χ2v) is 5.92. The van der Waals surface area contributed by atoms with Crippen molar-refractivity contribution in [2.24, 2.45) is 0 Å². The first-order chi connectivity index (χ1) is 11.2. The topological polar surface area (TPSA) is 165 Å². The normalized spacial score (nSPS) is 11.9. The molecule has 0 saturated heterocycles. The van der Waals surface area contributed by atoms with Crippen molar-refractivity contribution in [1.29, 1.82) is 0 Å². The first kappa shape index (κ1) is 19.9. The Morgan fingerprint density at radius 2 is 1.12 bits per heavy atom. The molecule has 0 spiro atoms. The van der Waals surface area contributed by atoms with E-state index in [1.54, 1.807) is 0 Å². The SMILES string of the molecule is CC(CO)(CO)NC(=O)c1nccnc1C(=O)NC(C)(CO)CO. The molecule has 1 rings (SSSR count). The lowest BCUT2D eigenvalue weighted by Gasteiger charge is -2.27. The Labute approximate surface area is 138 Å². The number of nitrogens with zero attached hydrogens (tertiary/aromatic N) is 2. The van der Waals surface area contributed by atoms with Gasteiger partial charge in [0.25, 0.3) is 11.8 Å². The first-order valence-electron chi connectivity index (χ1n) is 7.13. The van der Waals surface area contributed by atoms with Gasteiger partial charge in [-0.25, -0.2) is 9.97 Å². The van der Waals surface area contributed by atoms with Crippen LogP contribution in [0.3, 0.4) is 0 Å². The summed E-state index contributed by atoms with van der Waals surface area (Å²) in [6.45, 7) is 0.730. The Kier molecular flexibility index (Phi) is 6.72. The van der Waals surface area contributed by atoms with Crippen LogP contribution in [-0.4, -0.2) is 79.7 Å². The molecule has 0 unspecified atom stereocenters. The molecule has 2 amide bonds. The molecule has 1 aromatic rings. The van der Waals surface area contributed by atoms with Crippen molar-refractivity contribution >= 4 is 11.8 Å². The van der Waals surface area contributed by atoms with Gasteiger partial charge in [-0.3, -0.25) is 9.59 Å². The van der Waals surface area contributed by atoms with Crippen LogP contribution >= 0.6 is 0 Å². The molecule has 0 aliphatic carbocycles. The van der Waals surface area contributed by atoms with Crippen molar-refractivity contribution in [2.75, 3.05) is 26.4 Å². The highest BCUT2D eigenvalue weighted by Crippen LogP contribution is 2.09. The lowest BCUT2D eigenvalue weighted by atomic mass is 10.0. The largest absolute Gasteiger partial charge is 0.394 e. The summed E-state index contributed by atoms with van der Waals surface area (Å²) in [4.78, 5) is 32.2. The van der Waals surface area contributed by atoms with Gasteiger partial charge in [-0.1, -0.05) is 0 Å². The third kappa shape index (κ3) is 4.68. The minimum Gasteiger partial charge on any atom is -0.394 e. The fraction of sp³-hybridized carbons (Fsp3) is 0.571. The van der Waals surface area contributed by atoms with Crippen molar-refractivity contribution in [3.63, 3.8) is 0 Å². The average Bonchev–Trinajstić information content (AvgIpc) is 2.61.